The van der Waals surface area contributed by atoms with E-state index in [-0.39, 0.29) is 5.91 Å². The molecular weight excluding hydrogens is 274 g/mol. The Balaban J connectivity index is 1.66. The van der Waals surface area contributed by atoms with E-state index in [1.54, 1.807) is 19.2 Å². The molecule has 0 bridgehead atoms. The Labute approximate surface area is 131 Å². The normalized spacial score (nSPS) is 14.8. The highest BCUT2D eigenvalue weighted by Crippen LogP contribution is 2.35. The first-order valence-corrected chi connectivity index (χ1v) is 7.86. The average molecular weight is 295 g/mol. The van der Waals surface area contributed by atoms with Crippen molar-refractivity contribution in [2.24, 2.45) is 0 Å². The zero-order valence-electron chi connectivity index (χ0n) is 12.8. The fourth-order valence-corrected chi connectivity index (χ4v) is 3.02. The lowest BCUT2D eigenvalue weighted by Gasteiger charge is -2.11. The molecule has 0 spiro atoms. The summed E-state index contributed by atoms with van der Waals surface area (Å²) in [7, 11) is 1.62. The maximum absolute atomic E-state index is 11.5. The molecule has 3 rings (SSSR count). The number of hydrogen-bond donors (Lipinski definition) is 1. The van der Waals surface area contributed by atoms with Crippen LogP contribution in [0.5, 0.6) is 11.5 Å². The van der Waals surface area contributed by atoms with Crippen LogP contribution < -0.4 is 10.1 Å². The van der Waals surface area contributed by atoms with Gasteiger partial charge in [0, 0.05) is 12.6 Å². The summed E-state index contributed by atoms with van der Waals surface area (Å²) in [5.41, 5.74) is 2.05. The summed E-state index contributed by atoms with van der Waals surface area (Å²) in [6.07, 6.45) is 5.31. The second-order valence-electron chi connectivity index (χ2n) is 5.76. The number of rotatable bonds is 4. The van der Waals surface area contributed by atoms with E-state index < -0.39 is 0 Å². The molecule has 1 amide bonds. The molecular formula is C19H21NO2. The number of amides is 1. The fraction of sp³-hybridized carbons (Fsp3) is 0.316. The van der Waals surface area contributed by atoms with Gasteiger partial charge in [-0.15, -0.1) is 0 Å². The Kier molecular flexibility index (Phi) is 4.42. The monoisotopic (exact) mass is 295 g/mol. The van der Waals surface area contributed by atoms with Crippen molar-refractivity contribution in [3.8, 4) is 11.5 Å². The van der Waals surface area contributed by atoms with Crippen LogP contribution in [0.2, 0.25) is 0 Å². The van der Waals surface area contributed by atoms with Crippen LogP contribution in [0.1, 0.15) is 47.5 Å². The van der Waals surface area contributed by atoms with E-state index in [4.69, 9.17) is 4.74 Å². The minimum absolute atomic E-state index is 0.0903. The van der Waals surface area contributed by atoms with Crippen molar-refractivity contribution < 1.29 is 9.53 Å². The highest BCUT2D eigenvalue weighted by molar-refractivity contribution is 5.94. The number of ether oxygens (including phenoxy) is 1. The maximum Gasteiger partial charge on any atom is 0.251 e. The number of hydrogen-bond acceptors (Lipinski definition) is 2. The Bertz CT molecular complexity index is 625. The maximum atomic E-state index is 11.5. The van der Waals surface area contributed by atoms with Crippen molar-refractivity contribution in [3.63, 3.8) is 0 Å². The van der Waals surface area contributed by atoms with Gasteiger partial charge in [0.2, 0.25) is 0 Å². The molecule has 0 saturated heterocycles. The third-order valence-corrected chi connectivity index (χ3v) is 4.29. The first kappa shape index (κ1) is 14.6. The second kappa shape index (κ2) is 6.65. The van der Waals surface area contributed by atoms with Gasteiger partial charge in [-0.3, -0.25) is 4.79 Å². The largest absolute Gasteiger partial charge is 0.457 e. The van der Waals surface area contributed by atoms with Gasteiger partial charge < -0.3 is 10.1 Å². The molecule has 2 aromatic carbocycles. The summed E-state index contributed by atoms with van der Waals surface area (Å²) in [5.74, 6) is 2.20. The number of carbonyl (C=O) groups is 1. The van der Waals surface area contributed by atoms with Crippen molar-refractivity contribution in [1.82, 2.24) is 5.32 Å². The lowest BCUT2D eigenvalue weighted by molar-refractivity contribution is 0.0963. The van der Waals surface area contributed by atoms with Gasteiger partial charge in [-0.2, -0.15) is 0 Å². The smallest absolute Gasteiger partial charge is 0.251 e. The molecule has 3 nitrogen and oxygen atoms in total. The summed E-state index contributed by atoms with van der Waals surface area (Å²) in [5, 5.41) is 2.60. The highest BCUT2D eigenvalue weighted by Gasteiger charge is 2.16. The number of benzene rings is 2. The van der Waals surface area contributed by atoms with Gasteiger partial charge in [0.25, 0.3) is 5.91 Å². The molecule has 0 aromatic heterocycles. The molecule has 0 unspecified atom stereocenters. The fourth-order valence-electron chi connectivity index (χ4n) is 3.02. The predicted molar refractivity (Wildman–Crippen MR) is 87.6 cm³/mol. The van der Waals surface area contributed by atoms with Crippen LogP contribution in [0.15, 0.2) is 48.5 Å². The molecule has 3 heteroatoms. The van der Waals surface area contributed by atoms with Gasteiger partial charge in [0.1, 0.15) is 11.5 Å². The number of carbonyl (C=O) groups excluding carboxylic acids is 1. The van der Waals surface area contributed by atoms with Crippen molar-refractivity contribution in [1.29, 1.82) is 0 Å². The summed E-state index contributed by atoms with van der Waals surface area (Å²) >= 11 is 0. The molecule has 1 saturated carbocycles. The summed E-state index contributed by atoms with van der Waals surface area (Å²) in [4.78, 5) is 11.5. The van der Waals surface area contributed by atoms with E-state index in [0.717, 1.165) is 17.4 Å². The molecule has 1 N–H and O–H groups in total. The minimum Gasteiger partial charge on any atom is -0.457 e. The Morgan fingerprint density at radius 2 is 1.50 bits per heavy atom. The Morgan fingerprint density at radius 3 is 2.05 bits per heavy atom. The molecule has 0 atom stereocenters. The van der Waals surface area contributed by atoms with Crippen LogP contribution in [0.25, 0.3) is 0 Å². The SMILES string of the molecule is CNC(=O)c1ccc(Oc2ccc(C3CCCC3)cc2)cc1. The first-order valence-electron chi connectivity index (χ1n) is 7.86. The zero-order valence-corrected chi connectivity index (χ0v) is 12.8. The molecule has 0 aliphatic heterocycles. The van der Waals surface area contributed by atoms with E-state index in [9.17, 15) is 4.79 Å². The molecule has 1 aliphatic rings. The first-order chi connectivity index (χ1) is 10.8. The van der Waals surface area contributed by atoms with E-state index in [1.165, 1.54) is 31.2 Å². The van der Waals surface area contributed by atoms with E-state index >= 15 is 0 Å². The van der Waals surface area contributed by atoms with Gasteiger partial charge in [-0.05, 0) is 60.7 Å². The van der Waals surface area contributed by atoms with Gasteiger partial charge in [-0.1, -0.05) is 25.0 Å². The third-order valence-electron chi connectivity index (χ3n) is 4.29. The van der Waals surface area contributed by atoms with Gasteiger partial charge in [-0.25, -0.2) is 0 Å². The van der Waals surface area contributed by atoms with Crippen molar-refractivity contribution in [3.05, 3.63) is 59.7 Å². The molecule has 22 heavy (non-hydrogen) atoms. The van der Waals surface area contributed by atoms with Gasteiger partial charge >= 0.3 is 0 Å². The van der Waals surface area contributed by atoms with Crippen LogP contribution in [0.3, 0.4) is 0 Å². The van der Waals surface area contributed by atoms with E-state index in [0.29, 0.717) is 5.56 Å². The topological polar surface area (TPSA) is 38.3 Å². The Hall–Kier alpha value is -2.29. The van der Waals surface area contributed by atoms with Crippen LogP contribution in [-0.2, 0) is 0 Å². The van der Waals surface area contributed by atoms with Gasteiger partial charge in [0.15, 0.2) is 0 Å². The molecule has 114 valence electrons. The van der Waals surface area contributed by atoms with Crippen LogP contribution >= 0.6 is 0 Å². The van der Waals surface area contributed by atoms with E-state index in [2.05, 4.69) is 17.4 Å². The second-order valence-corrected chi connectivity index (χ2v) is 5.76. The van der Waals surface area contributed by atoms with Gasteiger partial charge in [0.05, 0.1) is 0 Å². The molecule has 2 aromatic rings. The summed E-state index contributed by atoms with van der Waals surface area (Å²) < 4.78 is 5.83. The summed E-state index contributed by atoms with van der Waals surface area (Å²) in [6, 6.07) is 15.6. The zero-order chi connectivity index (χ0) is 15.4. The van der Waals surface area contributed by atoms with Crippen LogP contribution in [0.4, 0.5) is 0 Å². The van der Waals surface area contributed by atoms with E-state index in [1.807, 2.05) is 24.3 Å². The molecule has 0 heterocycles. The quantitative estimate of drug-likeness (QED) is 0.902. The van der Waals surface area contributed by atoms with Crippen molar-refractivity contribution in [2.45, 2.75) is 31.6 Å². The third kappa shape index (κ3) is 3.30. The molecule has 1 fully saturated rings. The number of nitrogens with one attached hydrogen (secondary N) is 1. The lowest BCUT2D eigenvalue weighted by atomic mass is 9.98. The van der Waals surface area contributed by atoms with Crippen molar-refractivity contribution in [2.75, 3.05) is 7.05 Å². The molecule has 0 radical (unpaired) electrons. The predicted octanol–water partition coefficient (Wildman–Crippen LogP) is 4.50. The summed E-state index contributed by atoms with van der Waals surface area (Å²) in [6.45, 7) is 0. The van der Waals surface area contributed by atoms with Crippen LogP contribution in [0, 0.1) is 0 Å². The lowest BCUT2D eigenvalue weighted by Crippen LogP contribution is -2.17. The highest BCUT2D eigenvalue weighted by atomic mass is 16.5. The standard InChI is InChI=1S/C19H21NO2/c1-20-19(21)16-8-12-18(13-9-16)22-17-10-6-15(7-11-17)14-4-2-3-5-14/h6-14H,2-5H2,1H3,(H,20,21). The Morgan fingerprint density at radius 1 is 0.955 bits per heavy atom. The molecule has 1 aliphatic carbocycles. The van der Waals surface area contributed by atoms with Crippen molar-refractivity contribution >= 4 is 5.91 Å². The minimum atomic E-state index is -0.0903. The average Bonchev–Trinajstić information content (AvgIpc) is 3.10. The van der Waals surface area contributed by atoms with Crippen LogP contribution in [-0.4, -0.2) is 13.0 Å².